The minimum Gasteiger partial charge on any atom is -0.396 e. The summed E-state index contributed by atoms with van der Waals surface area (Å²) in [5.74, 6) is -0.253. The first-order chi connectivity index (χ1) is 16.2. The van der Waals surface area contributed by atoms with Gasteiger partial charge in [0.2, 0.25) is 11.8 Å². The van der Waals surface area contributed by atoms with Crippen LogP contribution in [0.2, 0.25) is 0 Å². The summed E-state index contributed by atoms with van der Waals surface area (Å²) in [6, 6.07) is 28.8. The fraction of sp³-hybridized carbons (Fsp3) is 0.286. The first-order valence-corrected chi connectivity index (χ1v) is 11.5. The van der Waals surface area contributed by atoms with Gasteiger partial charge in [-0.15, -0.1) is 0 Å². The molecular weight excluding hydrogens is 412 g/mol. The Morgan fingerprint density at radius 2 is 1.33 bits per heavy atom. The number of rotatable bonds is 12. The van der Waals surface area contributed by atoms with Gasteiger partial charge in [0.1, 0.15) is 6.04 Å². The van der Waals surface area contributed by atoms with Crippen LogP contribution in [0, 0.1) is 0 Å². The summed E-state index contributed by atoms with van der Waals surface area (Å²) < 4.78 is 0. The maximum Gasteiger partial charge on any atom is 0.243 e. The van der Waals surface area contributed by atoms with Crippen LogP contribution >= 0.6 is 0 Å². The monoisotopic (exact) mass is 444 g/mol. The zero-order valence-corrected chi connectivity index (χ0v) is 18.9. The van der Waals surface area contributed by atoms with Crippen LogP contribution in [0.3, 0.4) is 0 Å². The second-order valence-electron chi connectivity index (χ2n) is 8.07. The Kier molecular flexibility index (Phi) is 9.67. The predicted octanol–water partition coefficient (Wildman–Crippen LogP) is 3.76. The molecular formula is C28H32N2O3. The molecule has 3 rings (SSSR count). The first-order valence-electron chi connectivity index (χ1n) is 11.5. The van der Waals surface area contributed by atoms with E-state index in [1.165, 1.54) is 0 Å². The van der Waals surface area contributed by atoms with Crippen LogP contribution in [-0.4, -0.2) is 41.0 Å². The van der Waals surface area contributed by atoms with Gasteiger partial charge in [0.05, 0.1) is 0 Å². The molecule has 5 nitrogen and oxygen atoms in total. The van der Waals surface area contributed by atoms with Crippen molar-refractivity contribution < 1.29 is 14.7 Å². The van der Waals surface area contributed by atoms with Crippen molar-refractivity contribution in [2.75, 3.05) is 13.2 Å². The van der Waals surface area contributed by atoms with Crippen molar-refractivity contribution in [3.63, 3.8) is 0 Å². The zero-order chi connectivity index (χ0) is 23.3. The highest BCUT2D eigenvalue weighted by Crippen LogP contribution is 2.17. The second-order valence-corrected chi connectivity index (χ2v) is 8.07. The van der Waals surface area contributed by atoms with Crippen molar-refractivity contribution in [1.82, 2.24) is 10.2 Å². The van der Waals surface area contributed by atoms with Gasteiger partial charge in [-0.25, -0.2) is 0 Å². The lowest BCUT2D eigenvalue weighted by molar-refractivity contribution is -0.141. The number of hydrogen-bond acceptors (Lipinski definition) is 3. The van der Waals surface area contributed by atoms with E-state index in [-0.39, 0.29) is 18.4 Å². The molecule has 33 heavy (non-hydrogen) atoms. The minimum absolute atomic E-state index is 0.00731. The van der Waals surface area contributed by atoms with Gasteiger partial charge < -0.3 is 15.3 Å². The van der Waals surface area contributed by atoms with E-state index < -0.39 is 6.04 Å². The molecule has 3 aromatic carbocycles. The van der Waals surface area contributed by atoms with E-state index in [0.717, 1.165) is 16.7 Å². The zero-order valence-electron chi connectivity index (χ0n) is 18.9. The molecule has 0 aromatic heterocycles. The molecule has 0 radical (unpaired) electrons. The van der Waals surface area contributed by atoms with E-state index in [1.807, 2.05) is 91.0 Å². The Bertz CT molecular complexity index is 978. The van der Waals surface area contributed by atoms with Crippen LogP contribution in [0.25, 0.3) is 0 Å². The molecule has 2 amide bonds. The molecule has 5 heteroatoms. The number of nitrogens with one attached hydrogen (secondary N) is 1. The van der Waals surface area contributed by atoms with E-state index >= 15 is 0 Å². The topological polar surface area (TPSA) is 69.6 Å². The molecule has 0 saturated carbocycles. The van der Waals surface area contributed by atoms with Crippen LogP contribution in [0.5, 0.6) is 0 Å². The summed E-state index contributed by atoms with van der Waals surface area (Å²) in [4.78, 5) is 28.4. The van der Waals surface area contributed by atoms with E-state index in [9.17, 15) is 9.59 Å². The smallest absolute Gasteiger partial charge is 0.243 e. The van der Waals surface area contributed by atoms with Crippen LogP contribution in [0.1, 0.15) is 29.5 Å². The normalized spacial score (nSPS) is 11.5. The largest absolute Gasteiger partial charge is 0.396 e. The highest BCUT2D eigenvalue weighted by molar-refractivity contribution is 5.88. The minimum atomic E-state index is -0.644. The number of benzene rings is 3. The Hall–Kier alpha value is -3.44. The highest BCUT2D eigenvalue weighted by Gasteiger charge is 2.30. The van der Waals surface area contributed by atoms with Gasteiger partial charge in [0, 0.05) is 32.5 Å². The predicted molar refractivity (Wildman–Crippen MR) is 130 cm³/mol. The molecule has 0 aliphatic heterocycles. The number of amides is 2. The summed E-state index contributed by atoms with van der Waals surface area (Å²) in [6.45, 7) is 0.741. The quantitative estimate of drug-likeness (QED) is 0.418. The van der Waals surface area contributed by atoms with Crippen LogP contribution in [0.4, 0.5) is 0 Å². The molecule has 0 bridgehead atoms. The van der Waals surface area contributed by atoms with Gasteiger partial charge in [0.25, 0.3) is 0 Å². The Labute approximate surface area is 196 Å². The molecule has 172 valence electrons. The number of nitrogens with zero attached hydrogens (tertiary/aromatic N) is 1. The number of carbonyl (C=O) groups excluding carboxylic acids is 2. The van der Waals surface area contributed by atoms with Crippen LogP contribution < -0.4 is 5.32 Å². The van der Waals surface area contributed by atoms with Crippen LogP contribution in [-0.2, 0) is 29.0 Å². The molecule has 0 unspecified atom stereocenters. The fourth-order valence-corrected chi connectivity index (χ4v) is 3.78. The van der Waals surface area contributed by atoms with E-state index in [4.69, 9.17) is 5.11 Å². The fourth-order valence-electron chi connectivity index (χ4n) is 3.78. The van der Waals surface area contributed by atoms with Crippen molar-refractivity contribution in [1.29, 1.82) is 0 Å². The highest BCUT2D eigenvalue weighted by atomic mass is 16.3. The van der Waals surface area contributed by atoms with Crippen molar-refractivity contribution >= 4 is 11.8 Å². The van der Waals surface area contributed by atoms with Gasteiger partial charge in [-0.2, -0.15) is 0 Å². The van der Waals surface area contributed by atoms with Crippen molar-refractivity contribution in [2.45, 2.75) is 38.3 Å². The summed E-state index contributed by atoms with van der Waals surface area (Å²) in [5.41, 5.74) is 3.07. The molecule has 0 saturated heterocycles. The summed E-state index contributed by atoms with van der Waals surface area (Å²) in [6.07, 6.45) is 1.85. The molecule has 2 N–H and O–H groups in total. The maximum atomic E-state index is 13.5. The second kappa shape index (κ2) is 13.2. The number of hydrogen-bond donors (Lipinski definition) is 2. The Morgan fingerprint density at radius 3 is 1.91 bits per heavy atom. The lowest BCUT2D eigenvalue weighted by Crippen LogP contribution is -2.50. The molecule has 1 atom stereocenters. The Morgan fingerprint density at radius 1 is 0.788 bits per heavy atom. The van der Waals surface area contributed by atoms with E-state index in [2.05, 4.69) is 5.32 Å². The molecule has 0 fully saturated rings. The van der Waals surface area contributed by atoms with Gasteiger partial charge >= 0.3 is 0 Å². The van der Waals surface area contributed by atoms with Crippen molar-refractivity contribution in [3.8, 4) is 0 Å². The molecule has 0 aliphatic carbocycles. The molecule has 3 aromatic rings. The van der Waals surface area contributed by atoms with Crippen molar-refractivity contribution in [2.24, 2.45) is 0 Å². The summed E-state index contributed by atoms with van der Waals surface area (Å²) in [5, 5.41) is 12.0. The Balaban J connectivity index is 1.85. The molecule has 0 spiro atoms. The lowest BCUT2D eigenvalue weighted by atomic mass is 10.0. The van der Waals surface area contributed by atoms with E-state index in [0.29, 0.717) is 38.8 Å². The third-order valence-corrected chi connectivity index (χ3v) is 5.57. The SMILES string of the molecule is O=C(NCCCO)[C@@H](Cc1ccccc1)N(Cc1ccccc1)C(=O)CCc1ccccc1. The number of aliphatic hydroxyl groups excluding tert-OH is 1. The molecule has 0 aliphatic rings. The van der Waals surface area contributed by atoms with E-state index in [1.54, 1.807) is 4.90 Å². The number of aryl methyl sites for hydroxylation is 1. The standard InChI is InChI=1S/C28H32N2O3/c31-20-10-19-29-28(33)26(21-24-13-6-2-7-14-24)30(22-25-15-8-3-9-16-25)27(32)18-17-23-11-4-1-5-12-23/h1-9,11-16,26,31H,10,17-22H2,(H,29,33)/t26-/m1/s1. The van der Waals surface area contributed by atoms with Gasteiger partial charge in [-0.3, -0.25) is 9.59 Å². The van der Waals surface area contributed by atoms with Gasteiger partial charge in [0.15, 0.2) is 0 Å². The third kappa shape index (κ3) is 7.88. The average molecular weight is 445 g/mol. The average Bonchev–Trinajstić information content (AvgIpc) is 2.86. The first kappa shape index (κ1) is 24.2. The van der Waals surface area contributed by atoms with Gasteiger partial charge in [-0.05, 0) is 29.5 Å². The van der Waals surface area contributed by atoms with Crippen molar-refractivity contribution in [3.05, 3.63) is 108 Å². The molecule has 0 heterocycles. The number of carbonyl (C=O) groups is 2. The summed E-state index contributed by atoms with van der Waals surface area (Å²) >= 11 is 0. The van der Waals surface area contributed by atoms with Gasteiger partial charge in [-0.1, -0.05) is 91.0 Å². The number of aliphatic hydroxyl groups is 1. The third-order valence-electron chi connectivity index (χ3n) is 5.57. The maximum absolute atomic E-state index is 13.5. The summed E-state index contributed by atoms with van der Waals surface area (Å²) in [7, 11) is 0. The lowest BCUT2D eigenvalue weighted by Gasteiger charge is -2.31. The van der Waals surface area contributed by atoms with Crippen LogP contribution in [0.15, 0.2) is 91.0 Å².